The number of carbonyl (C=O) groups is 2. The van der Waals surface area contributed by atoms with Gasteiger partial charge in [0.1, 0.15) is 0 Å². The number of benzene rings is 1. The molecule has 1 N–H and O–H groups in total. The Morgan fingerprint density at radius 2 is 1.94 bits per heavy atom. The summed E-state index contributed by atoms with van der Waals surface area (Å²) in [6.07, 6.45) is 0.836. The minimum absolute atomic E-state index is 0.374. The third-order valence-corrected chi connectivity index (χ3v) is 3.21. The van der Waals surface area contributed by atoms with E-state index in [0.29, 0.717) is 12.1 Å². The van der Waals surface area contributed by atoms with Crippen LogP contribution >= 0.6 is 0 Å². The monoisotopic (exact) mass is 246 g/mol. The fraction of sp³-hybridized carbons (Fsp3) is 0.429. The standard InChI is InChI=1S/C14H18N2O2/c1-9-7-10(2)12-11(8-9)13(17)14(18)16(12)6-4-5-15-3/h7-8,15H,4-6H2,1-3H3. The van der Waals surface area contributed by atoms with Crippen molar-refractivity contribution in [2.24, 2.45) is 0 Å². The fourth-order valence-electron chi connectivity index (χ4n) is 2.46. The van der Waals surface area contributed by atoms with Gasteiger partial charge in [-0.05, 0) is 51.1 Å². The van der Waals surface area contributed by atoms with Gasteiger partial charge in [-0.2, -0.15) is 0 Å². The van der Waals surface area contributed by atoms with Crippen LogP contribution in [-0.4, -0.2) is 31.8 Å². The van der Waals surface area contributed by atoms with Gasteiger partial charge in [0, 0.05) is 6.54 Å². The molecule has 0 fully saturated rings. The van der Waals surface area contributed by atoms with Gasteiger partial charge < -0.3 is 10.2 Å². The van der Waals surface area contributed by atoms with Gasteiger partial charge in [0.15, 0.2) is 0 Å². The molecule has 0 aliphatic carbocycles. The van der Waals surface area contributed by atoms with Gasteiger partial charge in [-0.15, -0.1) is 0 Å². The molecule has 96 valence electrons. The van der Waals surface area contributed by atoms with Gasteiger partial charge in [0.2, 0.25) is 0 Å². The number of Topliss-reactive ketones (excluding diaryl/α,β-unsaturated/α-hetero) is 1. The number of rotatable bonds is 4. The molecule has 0 radical (unpaired) electrons. The molecule has 0 aromatic heterocycles. The van der Waals surface area contributed by atoms with Crippen molar-refractivity contribution in [3.63, 3.8) is 0 Å². The van der Waals surface area contributed by atoms with Crippen molar-refractivity contribution in [2.75, 3.05) is 25.0 Å². The van der Waals surface area contributed by atoms with E-state index in [1.165, 1.54) is 0 Å². The third kappa shape index (κ3) is 2.04. The van der Waals surface area contributed by atoms with Crippen LogP contribution < -0.4 is 10.2 Å². The number of nitrogens with one attached hydrogen (secondary N) is 1. The molecule has 0 saturated carbocycles. The van der Waals surface area contributed by atoms with E-state index in [9.17, 15) is 9.59 Å². The number of hydrogen-bond acceptors (Lipinski definition) is 3. The lowest BCUT2D eigenvalue weighted by Gasteiger charge is -2.18. The number of ketones is 1. The molecular weight excluding hydrogens is 228 g/mol. The van der Waals surface area contributed by atoms with E-state index in [0.717, 1.165) is 29.8 Å². The van der Waals surface area contributed by atoms with Crippen molar-refractivity contribution in [1.29, 1.82) is 0 Å². The van der Waals surface area contributed by atoms with Crippen LogP contribution in [0.4, 0.5) is 5.69 Å². The minimum Gasteiger partial charge on any atom is -0.320 e. The molecule has 0 bridgehead atoms. The van der Waals surface area contributed by atoms with Gasteiger partial charge in [-0.1, -0.05) is 6.07 Å². The Kier molecular flexibility index (Phi) is 3.48. The second kappa shape index (κ2) is 4.90. The third-order valence-electron chi connectivity index (χ3n) is 3.21. The molecule has 4 heteroatoms. The zero-order chi connectivity index (χ0) is 13.3. The summed E-state index contributed by atoms with van der Waals surface area (Å²) in [5, 5.41) is 3.04. The quantitative estimate of drug-likeness (QED) is 0.646. The average molecular weight is 246 g/mol. The van der Waals surface area contributed by atoms with E-state index < -0.39 is 5.91 Å². The van der Waals surface area contributed by atoms with Crippen LogP contribution in [0.5, 0.6) is 0 Å². The average Bonchev–Trinajstić information content (AvgIpc) is 2.55. The lowest BCUT2D eigenvalue weighted by atomic mass is 10.0. The first-order valence-corrected chi connectivity index (χ1v) is 6.18. The van der Waals surface area contributed by atoms with Crippen LogP contribution in [0.15, 0.2) is 12.1 Å². The van der Waals surface area contributed by atoms with Crippen molar-refractivity contribution in [1.82, 2.24) is 5.32 Å². The van der Waals surface area contributed by atoms with E-state index in [1.54, 1.807) is 11.0 Å². The second-order valence-corrected chi connectivity index (χ2v) is 4.72. The highest BCUT2D eigenvalue weighted by Crippen LogP contribution is 2.33. The summed E-state index contributed by atoms with van der Waals surface area (Å²) in [4.78, 5) is 25.5. The highest BCUT2D eigenvalue weighted by atomic mass is 16.2. The van der Waals surface area contributed by atoms with Crippen LogP contribution in [0.3, 0.4) is 0 Å². The highest BCUT2D eigenvalue weighted by Gasteiger charge is 2.36. The van der Waals surface area contributed by atoms with Crippen LogP contribution in [0.25, 0.3) is 0 Å². The summed E-state index contributed by atoms with van der Waals surface area (Å²) in [6, 6.07) is 3.82. The van der Waals surface area contributed by atoms with Crippen LogP contribution in [0.1, 0.15) is 27.9 Å². The molecule has 0 unspecified atom stereocenters. The van der Waals surface area contributed by atoms with E-state index in [2.05, 4.69) is 5.32 Å². The molecule has 0 saturated heterocycles. The number of anilines is 1. The Labute approximate surface area is 107 Å². The van der Waals surface area contributed by atoms with Crippen molar-refractivity contribution in [3.8, 4) is 0 Å². The molecule has 1 heterocycles. The number of hydrogen-bond donors (Lipinski definition) is 1. The van der Waals surface area contributed by atoms with Crippen molar-refractivity contribution >= 4 is 17.4 Å². The maximum Gasteiger partial charge on any atom is 0.299 e. The van der Waals surface area contributed by atoms with Crippen molar-refractivity contribution in [3.05, 3.63) is 28.8 Å². The normalized spacial score (nSPS) is 14.3. The Hall–Kier alpha value is -1.68. The fourth-order valence-corrected chi connectivity index (χ4v) is 2.46. The number of carbonyl (C=O) groups excluding carboxylic acids is 2. The summed E-state index contributed by atoms with van der Waals surface area (Å²) in [5.41, 5.74) is 3.37. The topological polar surface area (TPSA) is 49.4 Å². The summed E-state index contributed by atoms with van der Waals surface area (Å²) < 4.78 is 0. The van der Waals surface area contributed by atoms with Crippen molar-refractivity contribution in [2.45, 2.75) is 20.3 Å². The predicted molar refractivity (Wildman–Crippen MR) is 71.1 cm³/mol. The molecule has 0 spiro atoms. The summed E-state index contributed by atoms with van der Waals surface area (Å²) in [6.45, 7) is 5.30. The Morgan fingerprint density at radius 3 is 2.61 bits per heavy atom. The first kappa shape index (κ1) is 12.8. The molecule has 1 aliphatic rings. The lowest BCUT2D eigenvalue weighted by Crippen LogP contribution is -2.32. The van der Waals surface area contributed by atoms with Gasteiger partial charge in [-0.3, -0.25) is 9.59 Å². The van der Waals surface area contributed by atoms with E-state index in [-0.39, 0.29) is 5.78 Å². The zero-order valence-electron chi connectivity index (χ0n) is 11.0. The minimum atomic E-state index is -0.394. The van der Waals surface area contributed by atoms with Gasteiger partial charge in [-0.25, -0.2) is 0 Å². The number of nitrogens with zero attached hydrogens (tertiary/aromatic N) is 1. The lowest BCUT2D eigenvalue weighted by molar-refractivity contribution is -0.114. The number of fused-ring (bicyclic) bond motifs is 1. The predicted octanol–water partition coefficient (Wildman–Crippen LogP) is 1.44. The van der Waals surface area contributed by atoms with Gasteiger partial charge in [0.05, 0.1) is 11.3 Å². The molecular formula is C14H18N2O2. The van der Waals surface area contributed by atoms with Crippen molar-refractivity contribution < 1.29 is 9.59 Å². The molecule has 1 amide bonds. The zero-order valence-corrected chi connectivity index (χ0v) is 11.0. The van der Waals surface area contributed by atoms with Crippen LogP contribution in [0.2, 0.25) is 0 Å². The molecule has 0 atom stereocenters. The Morgan fingerprint density at radius 1 is 1.22 bits per heavy atom. The molecule has 1 aliphatic heterocycles. The summed E-state index contributed by atoms with van der Waals surface area (Å²) in [5.74, 6) is -0.768. The van der Waals surface area contributed by atoms with Gasteiger partial charge >= 0.3 is 0 Å². The molecule has 1 aromatic rings. The molecule has 18 heavy (non-hydrogen) atoms. The number of aryl methyl sites for hydroxylation is 2. The first-order chi connectivity index (χ1) is 8.56. The largest absolute Gasteiger partial charge is 0.320 e. The molecule has 4 nitrogen and oxygen atoms in total. The highest BCUT2D eigenvalue weighted by molar-refractivity contribution is 6.52. The van der Waals surface area contributed by atoms with E-state index in [1.807, 2.05) is 27.0 Å². The summed E-state index contributed by atoms with van der Waals surface area (Å²) in [7, 11) is 1.87. The maximum absolute atomic E-state index is 12.0. The Bertz CT molecular complexity index is 509. The Balaban J connectivity index is 2.36. The maximum atomic E-state index is 12.0. The molecule has 1 aromatic carbocycles. The number of amides is 1. The second-order valence-electron chi connectivity index (χ2n) is 4.72. The van der Waals surface area contributed by atoms with Crippen LogP contribution in [0, 0.1) is 13.8 Å². The van der Waals surface area contributed by atoms with E-state index in [4.69, 9.17) is 0 Å². The first-order valence-electron chi connectivity index (χ1n) is 6.18. The molecule has 2 rings (SSSR count). The smallest absolute Gasteiger partial charge is 0.299 e. The van der Waals surface area contributed by atoms with Gasteiger partial charge in [0.25, 0.3) is 11.7 Å². The summed E-state index contributed by atoms with van der Waals surface area (Å²) >= 11 is 0. The van der Waals surface area contributed by atoms with Crippen LogP contribution in [-0.2, 0) is 4.79 Å². The SMILES string of the molecule is CNCCCN1C(=O)C(=O)c2cc(C)cc(C)c21. The van der Waals surface area contributed by atoms with E-state index >= 15 is 0 Å².